The lowest BCUT2D eigenvalue weighted by molar-refractivity contribution is 0.669. The lowest BCUT2D eigenvalue weighted by Crippen LogP contribution is -2.10. The molecule has 10 aromatic rings. The quantitative estimate of drug-likeness (QED) is 0.208. The molecule has 4 heteroatoms. The lowest BCUT2D eigenvalue weighted by atomic mass is 10.0. The molecule has 0 unspecified atom stereocenters. The summed E-state index contributed by atoms with van der Waals surface area (Å²) in [6.07, 6.45) is 0. The van der Waals surface area contributed by atoms with Gasteiger partial charge in [0.1, 0.15) is 22.3 Å². The topological polar surface area (TPSA) is 29.5 Å². The van der Waals surface area contributed by atoms with Gasteiger partial charge in [0.25, 0.3) is 0 Å². The fraction of sp³-hybridized carbons (Fsp3) is 0. The molecule has 44 heavy (non-hydrogen) atoms. The zero-order valence-electron chi connectivity index (χ0n) is 23.5. The molecule has 0 amide bonds. The summed E-state index contributed by atoms with van der Waals surface area (Å²) in [5, 5.41) is 9.21. The van der Waals surface area contributed by atoms with E-state index < -0.39 is 0 Å². The van der Waals surface area contributed by atoms with Crippen LogP contribution in [0.1, 0.15) is 0 Å². The summed E-state index contributed by atoms with van der Waals surface area (Å²) >= 11 is 1.82. The van der Waals surface area contributed by atoms with E-state index in [1.54, 1.807) is 0 Å². The van der Waals surface area contributed by atoms with E-state index >= 15 is 0 Å². The van der Waals surface area contributed by atoms with Crippen LogP contribution in [0.4, 0.5) is 17.1 Å². The smallest absolute Gasteiger partial charge is 0.144 e. The molecule has 0 aliphatic rings. The molecule has 10 rings (SSSR count). The van der Waals surface area contributed by atoms with Gasteiger partial charge in [-0.05, 0) is 59.3 Å². The lowest BCUT2D eigenvalue weighted by Gasteiger charge is -2.27. The number of fused-ring (bicyclic) bond motifs is 11. The SMILES string of the molecule is c1ccc2cc(N(c3cc4c5ccccc5oc4c4c3sc3ccccc34)c3cccc4oc5ccccc5c34)ccc2c1. The number of benzene rings is 7. The van der Waals surface area contributed by atoms with Crippen molar-refractivity contribution in [3.63, 3.8) is 0 Å². The van der Waals surface area contributed by atoms with Gasteiger partial charge in [0.15, 0.2) is 0 Å². The molecule has 0 saturated heterocycles. The molecule has 0 atom stereocenters. The largest absolute Gasteiger partial charge is 0.456 e. The van der Waals surface area contributed by atoms with Crippen molar-refractivity contribution in [1.29, 1.82) is 0 Å². The maximum Gasteiger partial charge on any atom is 0.144 e. The highest BCUT2D eigenvalue weighted by atomic mass is 32.1. The van der Waals surface area contributed by atoms with Crippen LogP contribution in [-0.2, 0) is 0 Å². The number of furan rings is 2. The maximum absolute atomic E-state index is 6.62. The second-order valence-corrected chi connectivity index (χ2v) is 12.3. The maximum atomic E-state index is 6.62. The van der Waals surface area contributed by atoms with Crippen LogP contribution in [0.3, 0.4) is 0 Å². The number of thiophene rings is 1. The molecule has 0 spiro atoms. The van der Waals surface area contributed by atoms with Crippen molar-refractivity contribution in [3.8, 4) is 0 Å². The monoisotopic (exact) mass is 581 g/mol. The molecule has 3 heterocycles. The summed E-state index contributed by atoms with van der Waals surface area (Å²) in [5.41, 5.74) is 6.88. The third kappa shape index (κ3) is 3.31. The van der Waals surface area contributed by atoms with Crippen molar-refractivity contribution in [2.24, 2.45) is 0 Å². The van der Waals surface area contributed by atoms with Crippen LogP contribution < -0.4 is 4.90 Å². The average Bonchev–Trinajstić information content (AvgIpc) is 3.76. The summed E-state index contributed by atoms with van der Waals surface area (Å²) in [6, 6.07) is 49.4. The number of hydrogen-bond acceptors (Lipinski definition) is 4. The standard InChI is InChI=1S/C40H23NO2S/c1-2-11-25-22-26(21-20-24(25)10-1)41(31-15-9-18-35-37(31)28-13-4-7-17-34(28)42-35)32-23-30-27-12-3-6-16-33(27)43-39(30)38-29-14-5-8-19-36(29)44-40(32)38/h1-23H. The summed E-state index contributed by atoms with van der Waals surface area (Å²) in [5.74, 6) is 0. The highest BCUT2D eigenvalue weighted by Gasteiger charge is 2.25. The van der Waals surface area contributed by atoms with Crippen molar-refractivity contribution in [2.45, 2.75) is 0 Å². The average molecular weight is 582 g/mol. The molecule has 0 aliphatic heterocycles. The molecule has 0 bridgehead atoms. The number of hydrogen-bond donors (Lipinski definition) is 0. The molecule has 3 aromatic heterocycles. The first-order valence-electron chi connectivity index (χ1n) is 14.8. The van der Waals surface area contributed by atoms with Crippen molar-refractivity contribution < 1.29 is 8.83 Å². The van der Waals surface area contributed by atoms with Gasteiger partial charge in [0, 0.05) is 37.3 Å². The minimum atomic E-state index is 0.872. The van der Waals surface area contributed by atoms with Crippen LogP contribution >= 0.6 is 11.3 Å². The first-order chi connectivity index (χ1) is 21.8. The van der Waals surface area contributed by atoms with Gasteiger partial charge in [-0.1, -0.05) is 91.0 Å². The molecule has 0 fully saturated rings. The van der Waals surface area contributed by atoms with E-state index in [4.69, 9.17) is 8.83 Å². The number of rotatable bonds is 3. The van der Waals surface area contributed by atoms with Gasteiger partial charge in [-0.3, -0.25) is 0 Å². The first-order valence-corrected chi connectivity index (χ1v) is 15.6. The minimum Gasteiger partial charge on any atom is -0.456 e. The Labute approximate surface area is 255 Å². The molecule has 206 valence electrons. The zero-order valence-corrected chi connectivity index (χ0v) is 24.3. The van der Waals surface area contributed by atoms with E-state index in [2.05, 4.69) is 126 Å². The van der Waals surface area contributed by atoms with Crippen LogP contribution in [-0.4, -0.2) is 0 Å². The fourth-order valence-electron chi connectivity index (χ4n) is 6.88. The Morgan fingerprint density at radius 2 is 1.16 bits per heavy atom. The van der Waals surface area contributed by atoms with Gasteiger partial charge >= 0.3 is 0 Å². The normalized spacial score (nSPS) is 12.1. The number of para-hydroxylation sites is 2. The molecule has 0 N–H and O–H groups in total. The Balaban J connectivity index is 1.40. The van der Waals surface area contributed by atoms with Crippen LogP contribution in [0.25, 0.3) is 74.8 Å². The van der Waals surface area contributed by atoms with Crippen molar-refractivity contribution in [1.82, 2.24) is 0 Å². The summed E-state index contributed by atoms with van der Waals surface area (Å²) < 4.78 is 15.5. The third-order valence-corrected chi connectivity index (χ3v) is 10.0. The molecular formula is C40H23NO2S. The third-order valence-electron chi connectivity index (χ3n) is 8.82. The van der Waals surface area contributed by atoms with E-state index in [1.807, 2.05) is 29.5 Å². The summed E-state index contributed by atoms with van der Waals surface area (Å²) in [4.78, 5) is 2.43. The van der Waals surface area contributed by atoms with E-state index in [1.165, 1.54) is 25.6 Å². The predicted molar refractivity (Wildman–Crippen MR) is 186 cm³/mol. The zero-order chi connectivity index (χ0) is 28.8. The van der Waals surface area contributed by atoms with Gasteiger partial charge < -0.3 is 13.7 Å². The van der Waals surface area contributed by atoms with E-state index in [0.29, 0.717) is 0 Å². The summed E-state index contributed by atoms with van der Waals surface area (Å²) in [6.45, 7) is 0. The Hall–Kier alpha value is -5.58. The molecule has 0 radical (unpaired) electrons. The number of nitrogens with zero attached hydrogens (tertiary/aromatic N) is 1. The molecule has 0 aliphatic carbocycles. The second-order valence-electron chi connectivity index (χ2n) is 11.3. The van der Waals surface area contributed by atoms with Crippen LogP contribution in [0.2, 0.25) is 0 Å². The van der Waals surface area contributed by atoms with E-state index in [9.17, 15) is 0 Å². The molecule has 0 saturated carbocycles. The fourth-order valence-corrected chi connectivity index (χ4v) is 8.09. The van der Waals surface area contributed by atoms with Gasteiger partial charge in [-0.2, -0.15) is 0 Å². The second kappa shape index (κ2) is 8.96. The highest BCUT2D eigenvalue weighted by molar-refractivity contribution is 7.26. The molecular weight excluding hydrogens is 559 g/mol. The van der Waals surface area contributed by atoms with Crippen molar-refractivity contribution in [2.75, 3.05) is 4.90 Å². The van der Waals surface area contributed by atoms with Crippen LogP contribution in [0.5, 0.6) is 0 Å². The number of anilines is 3. The van der Waals surface area contributed by atoms with Gasteiger partial charge in [0.2, 0.25) is 0 Å². The molecule has 3 nitrogen and oxygen atoms in total. The highest BCUT2D eigenvalue weighted by Crippen LogP contribution is 2.51. The summed E-state index contributed by atoms with van der Waals surface area (Å²) in [7, 11) is 0. The van der Waals surface area contributed by atoms with Gasteiger partial charge in [0.05, 0.1) is 21.5 Å². The van der Waals surface area contributed by atoms with Crippen molar-refractivity contribution in [3.05, 3.63) is 140 Å². The Bertz CT molecular complexity index is 2750. The Morgan fingerprint density at radius 1 is 0.455 bits per heavy atom. The van der Waals surface area contributed by atoms with Crippen LogP contribution in [0.15, 0.2) is 148 Å². The van der Waals surface area contributed by atoms with Crippen molar-refractivity contribution >= 4 is 103 Å². The van der Waals surface area contributed by atoms with Crippen LogP contribution in [0, 0.1) is 0 Å². The van der Waals surface area contributed by atoms with Gasteiger partial charge in [-0.15, -0.1) is 11.3 Å². The van der Waals surface area contributed by atoms with E-state index in [-0.39, 0.29) is 0 Å². The first kappa shape index (κ1) is 23.9. The Kier molecular flexibility index (Phi) is 4.87. The van der Waals surface area contributed by atoms with Gasteiger partial charge in [-0.25, -0.2) is 0 Å². The Morgan fingerprint density at radius 3 is 2.05 bits per heavy atom. The molecule has 7 aromatic carbocycles. The minimum absolute atomic E-state index is 0.872. The van der Waals surface area contributed by atoms with E-state index in [0.717, 1.165) is 66.3 Å². The predicted octanol–water partition coefficient (Wildman–Crippen LogP) is 12.5.